The largest absolute Gasteiger partial charge is 0.486 e. The van der Waals surface area contributed by atoms with Crippen molar-refractivity contribution in [1.82, 2.24) is 4.90 Å². The van der Waals surface area contributed by atoms with Crippen LogP contribution >= 0.6 is 0 Å². The second kappa shape index (κ2) is 5.41. The number of hydrogen-bond acceptors (Lipinski definition) is 4. The Morgan fingerprint density at radius 2 is 2.11 bits per heavy atom. The van der Waals surface area contributed by atoms with E-state index in [4.69, 9.17) is 14.7 Å². The number of benzene rings is 1. The first-order valence-electron chi connectivity index (χ1n) is 5.74. The van der Waals surface area contributed by atoms with E-state index in [0.29, 0.717) is 43.2 Å². The fraction of sp³-hybridized carbons (Fsp3) is 0.385. The van der Waals surface area contributed by atoms with Crippen LogP contribution in [0, 0.1) is 11.3 Å². The standard InChI is InChI=1S/C13H14N2O3/c1-15(6-2-5-14)13(16)10-3-4-11-12(9-10)18-8-7-17-11/h3-4,9H,2,6-8H2,1H3. The Labute approximate surface area is 106 Å². The fourth-order valence-electron chi connectivity index (χ4n) is 1.72. The van der Waals surface area contributed by atoms with Crippen molar-refractivity contribution >= 4 is 5.91 Å². The first kappa shape index (κ1) is 12.2. The normalized spacial score (nSPS) is 12.7. The van der Waals surface area contributed by atoms with Crippen molar-refractivity contribution in [2.45, 2.75) is 6.42 Å². The van der Waals surface area contributed by atoms with Crippen LogP contribution in [0.15, 0.2) is 18.2 Å². The molecule has 5 nitrogen and oxygen atoms in total. The lowest BCUT2D eigenvalue weighted by Gasteiger charge is -2.20. The summed E-state index contributed by atoms with van der Waals surface area (Å²) in [6.07, 6.45) is 0.326. The Bertz CT molecular complexity index is 493. The molecule has 1 heterocycles. The maximum Gasteiger partial charge on any atom is 0.253 e. The summed E-state index contributed by atoms with van der Waals surface area (Å²) >= 11 is 0. The fourth-order valence-corrected chi connectivity index (χ4v) is 1.72. The number of rotatable bonds is 3. The maximum atomic E-state index is 12.1. The van der Waals surface area contributed by atoms with Crippen molar-refractivity contribution in [2.24, 2.45) is 0 Å². The number of hydrogen-bond donors (Lipinski definition) is 0. The minimum absolute atomic E-state index is 0.123. The van der Waals surface area contributed by atoms with Crippen LogP contribution < -0.4 is 9.47 Å². The Balaban J connectivity index is 2.13. The molecule has 0 unspecified atom stereocenters. The Kier molecular flexibility index (Phi) is 3.68. The van der Waals surface area contributed by atoms with Gasteiger partial charge in [0.25, 0.3) is 5.91 Å². The number of fused-ring (bicyclic) bond motifs is 1. The van der Waals surface area contributed by atoms with Crippen LogP contribution in [-0.2, 0) is 0 Å². The third kappa shape index (κ3) is 2.54. The first-order chi connectivity index (χ1) is 8.72. The summed E-state index contributed by atoms with van der Waals surface area (Å²) in [6.45, 7) is 1.45. The number of ether oxygens (including phenoxy) is 2. The number of amides is 1. The summed E-state index contributed by atoms with van der Waals surface area (Å²) in [5, 5.41) is 8.50. The van der Waals surface area contributed by atoms with Crippen LogP contribution in [0.2, 0.25) is 0 Å². The van der Waals surface area contributed by atoms with E-state index in [0.717, 1.165) is 0 Å². The summed E-state index contributed by atoms with van der Waals surface area (Å²) in [6, 6.07) is 7.14. The molecule has 0 aromatic heterocycles. The van der Waals surface area contributed by atoms with Crippen LogP contribution in [-0.4, -0.2) is 37.6 Å². The molecular formula is C13H14N2O3. The van der Waals surface area contributed by atoms with Gasteiger partial charge in [0, 0.05) is 19.2 Å². The van der Waals surface area contributed by atoms with Gasteiger partial charge in [-0.1, -0.05) is 0 Å². The van der Waals surface area contributed by atoms with Crippen LogP contribution in [0.5, 0.6) is 11.5 Å². The topological polar surface area (TPSA) is 62.6 Å². The molecule has 5 heteroatoms. The molecular weight excluding hydrogens is 232 g/mol. The second-order valence-electron chi connectivity index (χ2n) is 3.99. The lowest BCUT2D eigenvalue weighted by Crippen LogP contribution is -2.27. The molecule has 0 atom stereocenters. The van der Waals surface area contributed by atoms with E-state index in [-0.39, 0.29) is 5.91 Å². The molecule has 2 rings (SSSR count). The Morgan fingerprint density at radius 3 is 2.83 bits per heavy atom. The van der Waals surface area contributed by atoms with Crippen LogP contribution in [0.25, 0.3) is 0 Å². The van der Waals surface area contributed by atoms with E-state index in [9.17, 15) is 4.79 Å². The predicted octanol–water partition coefficient (Wildman–Crippen LogP) is 1.44. The van der Waals surface area contributed by atoms with E-state index in [1.165, 1.54) is 4.90 Å². The number of carbonyl (C=O) groups excluding carboxylic acids is 1. The Morgan fingerprint density at radius 1 is 1.39 bits per heavy atom. The highest BCUT2D eigenvalue weighted by molar-refractivity contribution is 5.94. The molecule has 18 heavy (non-hydrogen) atoms. The molecule has 0 saturated heterocycles. The van der Waals surface area contributed by atoms with Crippen molar-refractivity contribution in [3.63, 3.8) is 0 Å². The van der Waals surface area contributed by atoms with Crippen molar-refractivity contribution in [3.8, 4) is 17.6 Å². The quantitative estimate of drug-likeness (QED) is 0.809. The molecule has 0 saturated carbocycles. The Hall–Kier alpha value is -2.22. The van der Waals surface area contributed by atoms with Crippen molar-refractivity contribution in [3.05, 3.63) is 23.8 Å². The molecule has 1 aliphatic heterocycles. The van der Waals surface area contributed by atoms with Gasteiger partial charge in [-0.15, -0.1) is 0 Å². The van der Waals surface area contributed by atoms with Crippen LogP contribution in [0.1, 0.15) is 16.8 Å². The SMILES string of the molecule is CN(CCC#N)C(=O)c1ccc2c(c1)OCCO2. The maximum absolute atomic E-state index is 12.1. The van der Waals surface area contributed by atoms with Gasteiger partial charge in [0.05, 0.1) is 12.5 Å². The van der Waals surface area contributed by atoms with Gasteiger partial charge >= 0.3 is 0 Å². The van der Waals surface area contributed by atoms with Gasteiger partial charge < -0.3 is 14.4 Å². The van der Waals surface area contributed by atoms with Crippen LogP contribution in [0.3, 0.4) is 0 Å². The van der Waals surface area contributed by atoms with Crippen molar-refractivity contribution in [2.75, 3.05) is 26.8 Å². The van der Waals surface area contributed by atoms with Crippen LogP contribution in [0.4, 0.5) is 0 Å². The van der Waals surface area contributed by atoms with Gasteiger partial charge in [0.15, 0.2) is 11.5 Å². The van der Waals surface area contributed by atoms with E-state index >= 15 is 0 Å². The van der Waals surface area contributed by atoms with E-state index in [2.05, 4.69) is 0 Å². The minimum atomic E-state index is -0.123. The average Bonchev–Trinajstić information content (AvgIpc) is 2.43. The third-order valence-electron chi connectivity index (χ3n) is 2.69. The molecule has 0 N–H and O–H groups in total. The summed E-state index contributed by atoms with van der Waals surface area (Å²) in [7, 11) is 1.68. The number of nitriles is 1. The third-order valence-corrected chi connectivity index (χ3v) is 2.69. The molecule has 0 spiro atoms. The lowest BCUT2D eigenvalue weighted by molar-refractivity contribution is 0.0797. The molecule has 0 aliphatic carbocycles. The van der Waals surface area contributed by atoms with Gasteiger partial charge in [-0.2, -0.15) is 5.26 Å². The van der Waals surface area contributed by atoms with E-state index in [1.807, 2.05) is 6.07 Å². The molecule has 94 valence electrons. The molecule has 1 aromatic carbocycles. The molecule has 0 bridgehead atoms. The molecule has 1 amide bonds. The lowest BCUT2D eigenvalue weighted by atomic mass is 10.1. The first-order valence-corrected chi connectivity index (χ1v) is 5.74. The highest BCUT2D eigenvalue weighted by atomic mass is 16.6. The zero-order valence-electron chi connectivity index (χ0n) is 10.2. The number of carbonyl (C=O) groups is 1. The van der Waals surface area contributed by atoms with Crippen molar-refractivity contribution in [1.29, 1.82) is 5.26 Å². The molecule has 0 fully saturated rings. The van der Waals surface area contributed by atoms with Gasteiger partial charge in [-0.3, -0.25) is 4.79 Å². The summed E-state index contributed by atoms with van der Waals surface area (Å²) in [4.78, 5) is 13.6. The minimum Gasteiger partial charge on any atom is -0.486 e. The van der Waals surface area contributed by atoms with Crippen molar-refractivity contribution < 1.29 is 14.3 Å². The number of nitrogens with zero attached hydrogens (tertiary/aromatic N) is 2. The van der Waals surface area contributed by atoms with Gasteiger partial charge in [-0.05, 0) is 18.2 Å². The van der Waals surface area contributed by atoms with Gasteiger partial charge in [-0.25, -0.2) is 0 Å². The van der Waals surface area contributed by atoms with E-state index < -0.39 is 0 Å². The summed E-state index contributed by atoms with van der Waals surface area (Å²) in [5.74, 6) is 1.14. The average molecular weight is 246 g/mol. The summed E-state index contributed by atoms with van der Waals surface area (Å²) in [5.41, 5.74) is 0.541. The molecule has 0 radical (unpaired) electrons. The monoisotopic (exact) mass is 246 g/mol. The second-order valence-corrected chi connectivity index (χ2v) is 3.99. The summed E-state index contributed by atoms with van der Waals surface area (Å²) < 4.78 is 10.8. The zero-order chi connectivity index (χ0) is 13.0. The molecule has 1 aliphatic rings. The van der Waals surface area contributed by atoms with E-state index in [1.54, 1.807) is 25.2 Å². The van der Waals surface area contributed by atoms with Gasteiger partial charge in [0.2, 0.25) is 0 Å². The predicted molar refractivity (Wildman–Crippen MR) is 64.6 cm³/mol. The molecule has 1 aromatic rings. The van der Waals surface area contributed by atoms with Gasteiger partial charge in [0.1, 0.15) is 13.2 Å². The zero-order valence-corrected chi connectivity index (χ0v) is 10.2. The highest BCUT2D eigenvalue weighted by Crippen LogP contribution is 2.30. The highest BCUT2D eigenvalue weighted by Gasteiger charge is 2.17. The smallest absolute Gasteiger partial charge is 0.253 e.